The van der Waals surface area contributed by atoms with Crippen LogP contribution in [0.5, 0.6) is 0 Å². The highest BCUT2D eigenvalue weighted by Crippen LogP contribution is 2.32. The normalized spacial score (nSPS) is 18.0. The molecule has 2 aliphatic rings. The molecule has 1 aliphatic carbocycles. The third-order valence-corrected chi connectivity index (χ3v) is 5.16. The van der Waals surface area contributed by atoms with Crippen molar-refractivity contribution in [3.05, 3.63) is 0 Å². The number of piperidine rings is 1. The first kappa shape index (κ1) is 27.2. The number of aliphatic imine (C=N–C) groups is 1. The number of hydrogen-bond donors (Lipinski definition) is 1. The molecule has 0 aromatic rings. The molecule has 0 unspecified atom stereocenters. The van der Waals surface area contributed by atoms with Gasteiger partial charge >= 0.3 is 6.09 Å². The number of likely N-dealkylation sites (tertiary alicyclic amines) is 1. The van der Waals surface area contributed by atoms with Crippen LogP contribution in [0.25, 0.3) is 0 Å². The first-order valence-corrected chi connectivity index (χ1v) is 10.9. The van der Waals surface area contributed by atoms with Crippen LogP contribution >= 0.6 is 24.0 Å². The van der Waals surface area contributed by atoms with Gasteiger partial charge in [0.15, 0.2) is 5.96 Å². The highest BCUT2D eigenvalue weighted by atomic mass is 127. The van der Waals surface area contributed by atoms with Gasteiger partial charge in [-0.3, -0.25) is 4.99 Å². The van der Waals surface area contributed by atoms with E-state index in [9.17, 15) is 4.79 Å². The Bertz CT molecular complexity index is 530. The van der Waals surface area contributed by atoms with Gasteiger partial charge in [-0.05, 0) is 52.4 Å². The Morgan fingerprint density at radius 3 is 2.33 bits per heavy atom. The number of guanidine groups is 1. The van der Waals surface area contributed by atoms with Crippen LogP contribution in [0.1, 0.15) is 46.5 Å². The minimum Gasteiger partial charge on any atom is -0.444 e. The zero-order valence-electron chi connectivity index (χ0n) is 19.3. The maximum Gasteiger partial charge on any atom is 0.410 e. The molecule has 176 valence electrons. The SMILES string of the molecule is CN=C(NCCOCCOC)N1CCC(N(CC2CC2)C(=O)OC(C)(C)C)CC1.I. The Balaban J connectivity index is 0.00000450. The van der Waals surface area contributed by atoms with Gasteiger partial charge in [0.25, 0.3) is 0 Å². The number of ether oxygens (including phenoxy) is 3. The second kappa shape index (κ2) is 13.6. The van der Waals surface area contributed by atoms with Crippen molar-refractivity contribution in [2.45, 2.75) is 58.1 Å². The van der Waals surface area contributed by atoms with E-state index in [0.717, 1.165) is 38.4 Å². The molecule has 0 spiro atoms. The molecular weight excluding hydrogens is 499 g/mol. The van der Waals surface area contributed by atoms with Crippen molar-refractivity contribution in [3.63, 3.8) is 0 Å². The predicted octanol–water partition coefficient (Wildman–Crippen LogP) is 2.95. The van der Waals surface area contributed by atoms with Gasteiger partial charge in [0.2, 0.25) is 0 Å². The number of amides is 1. The van der Waals surface area contributed by atoms with Crippen LogP contribution in [-0.4, -0.2) is 93.7 Å². The minimum atomic E-state index is -0.461. The Morgan fingerprint density at radius 2 is 1.80 bits per heavy atom. The van der Waals surface area contributed by atoms with Crippen molar-refractivity contribution in [2.24, 2.45) is 10.9 Å². The third kappa shape index (κ3) is 10.00. The molecule has 1 aliphatic heterocycles. The molecule has 8 nitrogen and oxygen atoms in total. The predicted molar refractivity (Wildman–Crippen MR) is 130 cm³/mol. The lowest BCUT2D eigenvalue weighted by molar-refractivity contribution is 0.00926. The summed E-state index contributed by atoms with van der Waals surface area (Å²) in [7, 11) is 3.47. The molecule has 0 aromatic heterocycles. The van der Waals surface area contributed by atoms with E-state index in [1.54, 1.807) is 14.2 Å². The van der Waals surface area contributed by atoms with Gasteiger partial charge in [0.05, 0.1) is 19.8 Å². The zero-order chi connectivity index (χ0) is 21.3. The molecule has 0 aromatic carbocycles. The number of rotatable bonds is 9. The van der Waals surface area contributed by atoms with E-state index in [4.69, 9.17) is 14.2 Å². The van der Waals surface area contributed by atoms with E-state index < -0.39 is 5.60 Å². The monoisotopic (exact) mass is 540 g/mol. The van der Waals surface area contributed by atoms with Crippen LogP contribution < -0.4 is 5.32 Å². The smallest absolute Gasteiger partial charge is 0.410 e. The number of nitrogens with zero attached hydrogens (tertiary/aromatic N) is 3. The fourth-order valence-electron chi connectivity index (χ4n) is 3.47. The van der Waals surface area contributed by atoms with Crippen LogP contribution in [0.4, 0.5) is 4.79 Å². The van der Waals surface area contributed by atoms with Crippen LogP contribution in [0.3, 0.4) is 0 Å². The van der Waals surface area contributed by atoms with E-state index in [1.165, 1.54) is 12.8 Å². The summed E-state index contributed by atoms with van der Waals surface area (Å²) in [6.45, 7) is 10.9. The lowest BCUT2D eigenvalue weighted by Gasteiger charge is -2.40. The van der Waals surface area contributed by atoms with Crippen molar-refractivity contribution in [1.82, 2.24) is 15.1 Å². The summed E-state index contributed by atoms with van der Waals surface area (Å²) < 4.78 is 16.2. The summed E-state index contributed by atoms with van der Waals surface area (Å²) in [5.74, 6) is 1.54. The maximum absolute atomic E-state index is 12.8. The number of hydrogen-bond acceptors (Lipinski definition) is 5. The molecule has 2 rings (SSSR count). The quantitative estimate of drug-likeness (QED) is 0.210. The van der Waals surface area contributed by atoms with Crippen LogP contribution in [0, 0.1) is 5.92 Å². The summed E-state index contributed by atoms with van der Waals surface area (Å²) >= 11 is 0. The van der Waals surface area contributed by atoms with Crippen LogP contribution in [0.15, 0.2) is 4.99 Å². The van der Waals surface area contributed by atoms with Gasteiger partial charge in [-0.15, -0.1) is 24.0 Å². The highest BCUT2D eigenvalue weighted by Gasteiger charge is 2.35. The van der Waals surface area contributed by atoms with Gasteiger partial charge in [-0.2, -0.15) is 0 Å². The van der Waals surface area contributed by atoms with E-state index in [0.29, 0.717) is 32.3 Å². The average Bonchev–Trinajstić information content (AvgIpc) is 3.49. The Morgan fingerprint density at radius 1 is 1.13 bits per heavy atom. The van der Waals surface area contributed by atoms with Gasteiger partial charge in [-0.25, -0.2) is 4.79 Å². The lowest BCUT2D eigenvalue weighted by atomic mass is 10.0. The zero-order valence-corrected chi connectivity index (χ0v) is 21.6. The number of halogens is 1. The number of methoxy groups -OCH3 is 1. The van der Waals surface area contributed by atoms with E-state index in [2.05, 4.69) is 15.2 Å². The van der Waals surface area contributed by atoms with Gasteiger partial charge < -0.3 is 29.3 Å². The van der Waals surface area contributed by atoms with Crippen molar-refractivity contribution < 1.29 is 19.0 Å². The van der Waals surface area contributed by atoms with Gasteiger partial charge in [-0.1, -0.05) is 0 Å². The number of carbonyl (C=O) groups is 1. The molecule has 0 bridgehead atoms. The van der Waals surface area contributed by atoms with Gasteiger partial charge in [0, 0.05) is 46.4 Å². The molecular formula is C21H41IN4O4. The second-order valence-electron chi connectivity index (χ2n) is 8.87. The molecule has 1 saturated carbocycles. The molecule has 30 heavy (non-hydrogen) atoms. The molecule has 1 N–H and O–H groups in total. The Kier molecular flexibility index (Phi) is 12.3. The number of carbonyl (C=O) groups excluding carboxylic acids is 1. The Hall–Kier alpha value is -0.810. The summed E-state index contributed by atoms with van der Waals surface area (Å²) in [5, 5.41) is 3.36. The maximum atomic E-state index is 12.8. The summed E-state index contributed by atoms with van der Waals surface area (Å²) in [6.07, 6.45) is 4.13. The molecule has 1 amide bonds. The number of nitrogens with one attached hydrogen (secondary N) is 1. The summed E-state index contributed by atoms with van der Waals surface area (Å²) in [5.41, 5.74) is -0.461. The summed E-state index contributed by atoms with van der Waals surface area (Å²) in [6, 6.07) is 0.234. The van der Waals surface area contributed by atoms with Crippen LogP contribution in [0.2, 0.25) is 0 Å². The Labute approximate surface area is 199 Å². The largest absolute Gasteiger partial charge is 0.444 e. The van der Waals surface area contributed by atoms with Crippen LogP contribution in [-0.2, 0) is 14.2 Å². The van der Waals surface area contributed by atoms with Crippen molar-refractivity contribution in [3.8, 4) is 0 Å². The first-order valence-electron chi connectivity index (χ1n) is 10.9. The first-order chi connectivity index (χ1) is 13.8. The standard InChI is InChI=1S/C21H40N4O4.HI/c1-21(2,3)29-20(26)25(16-17-6-7-17)18-8-11-24(12-9-18)19(22-4)23-10-13-28-15-14-27-5;/h17-18H,6-16H2,1-5H3,(H,22,23);1H. The third-order valence-electron chi connectivity index (χ3n) is 5.16. The second-order valence-corrected chi connectivity index (χ2v) is 8.87. The highest BCUT2D eigenvalue weighted by molar-refractivity contribution is 14.0. The fourth-order valence-corrected chi connectivity index (χ4v) is 3.47. The lowest BCUT2D eigenvalue weighted by Crippen LogP contribution is -2.52. The van der Waals surface area contributed by atoms with Crippen molar-refractivity contribution >= 4 is 36.0 Å². The average molecular weight is 540 g/mol. The minimum absolute atomic E-state index is 0. The fraction of sp³-hybridized carbons (Fsp3) is 0.905. The van der Waals surface area contributed by atoms with Gasteiger partial charge in [0.1, 0.15) is 5.60 Å². The van der Waals surface area contributed by atoms with E-state index in [-0.39, 0.29) is 36.1 Å². The molecule has 0 atom stereocenters. The van der Waals surface area contributed by atoms with Crippen molar-refractivity contribution in [1.29, 1.82) is 0 Å². The van der Waals surface area contributed by atoms with Crippen molar-refractivity contribution in [2.75, 3.05) is 60.2 Å². The van der Waals surface area contributed by atoms with E-state index >= 15 is 0 Å². The molecule has 2 fully saturated rings. The summed E-state index contributed by atoms with van der Waals surface area (Å²) in [4.78, 5) is 21.4. The molecule has 1 saturated heterocycles. The molecule has 0 radical (unpaired) electrons. The molecule has 1 heterocycles. The van der Waals surface area contributed by atoms with E-state index in [1.807, 2.05) is 25.7 Å². The molecule has 9 heteroatoms. The topological polar surface area (TPSA) is 75.6 Å².